The molecule has 6 heteroatoms. The van der Waals surface area contributed by atoms with E-state index in [2.05, 4.69) is 15.9 Å². The molecule has 0 radical (unpaired) electrons. The van der Waals surface area contributed by atoms with Gasteiger partial charge < -0.3 is 5.11 Å². The molecule has 0 aromatic heterocycles. The number of hydrogen-bond donors (Lipinski definition) is 1. The summed E-state index contributed by atoms with van der Waals surface area (Å²) in [4.78, 5) is 0.308. The molecule has 1 fully saturated rings. The minimum Gasteiger partial charge on any atom is -0.385 e. The highest BCUT2D eigenvalue weighted by molar-refractivity contribution is 9.10. The summed E-state index contributed by atoms with van der Waals surface area (Å²) >= 11 is 3.38. The highest BCUT2D eigenvalue weighted by Gasteiger charge is 2.38. The van der Waals surface area contributed by atoms with Crippen molar-refractivity contribution in [3.63, 3.8) is 0 Å². The van der Waals surface area contributed by atoms with Gasteiger partial charge in [-0.25, -0.2) is 8.42 Å². The number of sulfonamides is 1. The second-order valence-electron chi connectivity index (χ2n) is 6.26. The van der Waals surface area contributed by atoms with Crippen LogP contribution >= 0.6 is 15.9 Å². The maximum Gasteiger partial charge on any atom is 0.243 e. The molecule has 0 saturated carbocycles. The predicted molar refractivity (Wildman–Crippen MR) is 97.2 cm³/mol. The van der Waals surface area contributed by atoms with Gasteiger partial charge in [-0.3, -0.25) is 0 Å². The zero-order chi connectivity index (χ0) is 17.4. The van der Waals surface area contributed by atoms with E-state index in [1.807, 2.05) is 31.2 Å². The number of piperidine rings is 1. The first kappa shape index (κ1) is 17.6. The fourth-order valence-electron chi connectivity index (χ4n) is 3.00. The van der Waals surface area contributed by atoms with Crippen molar-refractivity contribution in [2.45, 2.75) is 30.3 Å². The third-order valence-corrected chi connectivity index (χ3v) is 7.03. The Bertz CT molecular complexity index is 808. The molecule has 1 N–H and O–H groups in total. The Labute approximate surface area is 151 Å². The van der Waals surface area contributed by atoms with Gasteiger partial charge in [0.2, 0.25) is 10.0 Å². The smallest absolute Gasteiger partial charge is 0.243 e. The van der Waals surface area contributed by atoms with Crippen LogP contribution in [0.3, 0.4) is 0 Å². The van der Waals surface area contributed by atoms with Crippen molar-refractivity contribution < 1.29 is 13.5 Å². The van der Waals surface area contributed by atoms with Crippen molar-refractivity contribution in [3.05, 3.63) is 64.1 Å². The van der Waals surface area contributed by atoms with E-state index in [1.165, 1.54) is 4.31 Å². The minimum absolute atomic E-state index is 0.308. The van der Waals surface area contributed by atoms with Gasteiger partial charge in [-0.05, 0) is 49.6 Å². The number of aryl methyl sites for hydroxylation is 1. The van der Waals surface area contributed by atoms with Crippen LogP contribution in [0.2, 0.25) is 0 Å². The molecule has 0 aliphatic carbocycles. The van der Waals surface area contributed by atoms with Crippen LogP contribution in [-0.2, 0) is 15.6 Å². The van der Waals surface area contributed by atoms with Crippen LogP contribution in [0.4, 0.5) is 0 Å². The van der Waals surface area contributed by atoms with Crippen molar-refractivity contribution in [1.82, 2.24) is 4.31 Å². The normalized spacial score (nSPS) is 18.5. The van der Waals surface area contributed by atoms with Crippen molar-refractivity contribution in [1.29, 1.82) is 0 Å². The van der Waals surface area contributed by atoms with Gasteiger partial charge in [0.15, 0.2) is 0 Å². The summed E-state index contributed by atoms with van der Waals surface area (Å²) in [6.45, 7) is 2.54. The Kier molecular flexibility index (Phi) is 4.84. The van der Waals surface area contributed by atoms with E-state index in [9.17, 15) is 13.5 Å². The van der Waals surface area contributed by atoms with Gasteiger partial charge in [-0.2, -0.15) is 4.31 Å². The van der Waals surface area contributed by atoms with E-state index in [4.69, 9.17) is 0 Å². The van der Waals surface area contributed by atoms with Crippen LogP contribution < -0.4 is 0 Å². The fourth-order valence-corrected chi connectivity index (χ4v) is 4.71. The van der Waals surface area contributed by atoms with E-state index < -0.39 is 15.6 Å². The van der Waals surface area contributed by atoms with E-state index in [1.54, 1.807) is 24.3 Å². The third kappa shape index (κ3) is 3.42. The zero-order valence-corrected chi connectivity index (χ0v) is 15.8. The summed E-state index contributed by atoms with van der Waals surface area (Å²) in [6, 6.07) is 14.4. The highest BCUT2D eigenvalue weighted by atomic mass is 79.9. The molecule has 2 aromatic carbocycles. The number of benzene rings is 2. The van der Waals surface area contributed by atoms with Gasteiger partial charge in [-0.1, -0.05) is 45.8 Å². The number of nitrogens with zero attached hydrogens (tertiary/aromatic N) is 1. The molecule has 3 rings (SSSR count). The highest BCUT2D eigenvalue weighted by Crippen LogP contribution is 2.35. The van der Waals surface area contributed by atoms with E-state index in [0.29, 0.717) is 30.8 Å². The van der Waals surface area contributed by atoms with E-state index in [-0.39, 0.29) is 0 Å². The average molecular weight is 410 g/mol. The molecule has 2 aromatic rings. The lowest BCUT2D eigenvalue weighted by Gasteiger charge is -2.37. The van der Waals surface area contributed by atoms with Crippen LogP contribution in [0.15, 0.2) is 57.9 Å². The Balaban J connectivity index is 1.76. The summed E-state index contributed by atoms with van der Waals surface area (Å²) in [5, 5.41) is 10.9. The molecule has 128 valence electrons. The number of aliphatic hydroxyl groups is 1. The maximum absolute atomic E-state index is 12.7. The van der Waals surface area contributed by atoms with Gasteiger partial charge in [0, 0.05) is 17.6 Å². The fraction of sp³-hybridized carbons (Fsp3) is 0.333. The topological polar surface area (TPSA) is 57.6 Å². The molecule has 0 atom stereocenters. The van der Waals surface area contributed by atoms with Crippen LogP contribution in [0.25, 0.3) is 0 Å². The number of rotatable bonds is 3. The van der Waals surface area contributed by atoms with Gasteiger partial charge in [0.05, 0.1) is 10.5 Å². The van der Waals surface area contributed by atoms with Gasteiger partial charge in [-0.15, -0.1) is 0 Å². The van der Waals surface area contributed by atoms with Crippen LogP contribution in [0.5, 0.6) is 0 Å². The van der Waals surface area contributed by atoms with Crippen molar-refractivity contribution in [2.24, 2.45) is 0 Å². The number of hydrogen-bond acceptors (Lipinski definition) is 3. The summed E-state index contributed by atoms with van der Waals surface area (Å²) in [5.41, 5.74) is 0.885. The molecule has 1 heterocycles. The first-order valence-electron chi connectivity index (χ1n) is 7.86. The van der Waals surface area contributed by atoms with Crippen molar-refractivity contribution in [2.75, 3.05) is 13.1 Å². The molecular weight excluding hydrogens is 390 g/mol. The zero-order valence-electron chi connectivity index (χ0n) is 13.4. The first-order valence-corrected chi connectivity index (χ1v) is 10.1. The van der Waals surface area contributed by atoms with Crippen molar-refractivity contribution >= 4 is 26.0 Å². The minimum atomic E-state index is -3.50. The lowest BCUT2D eigenvalue weighted by atomic mass is 9.85. The van der Waals surface area contributed by atoms with Gasteiger partial charge in [0.25, 0.3) is 0 Å². The summed E-state index contributed by atoms with van der Waals surface area (Å²) in [5.74, 6) is 0. The molecule has 4 nitrogen and oxygen atoms in total. The molecule has 1 aliphatic rings. The molecule has 0 unspecified atom stereocenters. The van der Waals surface area contributed by atoms with E-state index >= 15 is 0 Å². The maximum atomic E-state index is 12.7. The van der Waals surface area contributed by atoms with Crippen LogP contribution in [0.1, 0.15) is 24.0 Å². The first-order chi connectivity index (χ1) is 11.3. The summed E-state index contributed by atoms with van der Waals surface area (Å²) in [6.07, 6.45) is 0.777. The second kappa shape index (κ2) is 6.59. The van der Waals surface area contributed by atoms with Crippen LogP contribution in [0, 0.1) is 6.92 Å². The molecule has 0 bridgehead atoms. The van der Waals surface area contributed by atoms with Gasteiger partial charge in [0.1, 0.15) is 0 Å². The molecule has 0 amide bonds. The lowest BCUT2D eigenvalue weighted by molar-refractivity contribution is -0.00962. The van der Waals surface area contributed by atoms with E-state index in [0.717, 1.165) is 15.6 Å². The Morgan fingerprint density at radius 2 is 1.54 bits per heavy atom. The largest absolute Gasteiger partial charge is 0.385 e. The van der Waals surface area contributed by atoms with Crippen molar-refractivity contribution in [3.8, 4) is 0 Å². The predicted octanol–water partition coefficient (Wildman–Crippen LogP) is 3.43. The second-order valence-corrected chi connectivity index (χ2v) is 9.11. The standard InChI is InChI=1S/C18H20BrNO3S/c1-14-2-8-17(9-3-14)24(22,23)20-12-10-18(21,11-13-20)15-4-6-16(19)7-5-15/h2-9,21H,10-13H2,1H3. The number of halogens is 1. The Morgan fingerprint density at radius 3 is 2.08 bits per heavy atom. The summed E-state index contributed by atoms with van der Waals surface area (Å²) < 4.78 is 27.9. The average Bonchev–Trinajstić information content (AvgIpc) is 2.56. The molecule has 0 spiro atoms. The summed E-state index contributed by atoms with van der Waals surface area (Å²) in [7, 11) is -3.50. The quantitative estimate of drug-likeness (QED) is 0.844. The molecular formula is C18H20BrNO3S. The molecule has 24 heavy (non-hydrogen) atoms. The van der Waals surface area contributed by atoms with Gasteiger partial charge >= 0.3 is 0 Å². The SMILES string of the molecule is Cc1ccc(S(=O)(=O)N2CCC(O)(c3ccc(Br)cc3)CC2)cc1. The Morgan fingerprint density at radius 1 is 1.00 bits per heavy atom. The molecule has 1 saturated heterocycles. The third-order valence-electron chi connectivity index (χ3n) is 4.59. The monoisotopic (exact) mass is 409 g/mol. The lowest BCUT2D eigenvalue weighted by Crippen LogP contribution is -2.45. The molecule has 1 aliphatic heterocycles. The van der Waals surface area contributed by atoms with Crippen LogP contribution in [-0.4, -0.2) is 30.9 Å². The Hall–Kier alpha value is -1.21.